The van der Waals surface area contributed by atoms with Crippen LogP contribution in [0.25, 0.3) is 44.5 Å². The monoisotopic (exact) mass is 779 g/mol. The molecule has 45 heavy (non-hydrogen) atoms. The molecule has 3 aromatic carbocycles. The number of carbonyl (C=O) groups is 1. The Bertz CT molecular complexity index is 1960. The van der Waals surface area contributed by atoms with Gasteiger partial charge in [-0.25, -0.2) is 0 Å². The molecule has 4 nitrogen and oxygen atoms in total. The van der Waals surface area contributed by atoms with Crippen LogP contribution in [0.3, 0.4) is 0 Å². The molecule has 5 aromatic rings. The standard InChI is InChI=1S/C29H24NO.C11H20O2.Ir/c1-16-13-17(2)25-18(3)15-22(30-23(25)14-16)19-10-8-11-21-26(19)29(4,5)27-20-9-6-7-12-24(20)31-28(21)27;1-10(2,3)8(12)7-9(13)11(4,5)6;/h6-9,11-15H,1-5H3;7,12H,1-6H3;/q-1;;/b;8-7-;. The van der Waals surface area contributed by atoms with Crippen LogP contribution in [0, 0.1) is 37.7 Å². The van der Waals surface area contributed by atoms with Gasteiger partial charge in [0.05, 0.1) is 5.52 Å². The molecule has 0 amide bonds. The van der Waals surface area contributed by atoms with Crippen LogP contribution in [0.1, 0.15) is 83.2 Å². The first-order valence-electron chi connectivity index (χ1n) is 15.3. The third-order valence-electron chi connectivity index (χ3n) is 8.57. The summed E-state index contributed by atoms with van der Waals surface area (Å²) in [5.74, 6) is 1.09. The zero-order valence-electron chi connectivity index (χ0n) is 28.3. The van der Waals surface area contributed by atoms with E-state index in [-0.39, 0.29) is 42.5 Å². The molecule has 0 bridgehead atoms. The SMILES string of the molecule is CC(C)(C)C(=O)/C=C(\O)C(C)(C)C.Cc1cc(C)c2c(C)cc(-c3[c-]ccc4c3C(C)(C)c3c-4oc4ccccc34)nc2c1.[Ir]. The quantitative estimate of drug-likeness (QED) is 0.110. The molecular formula is C40H44IrNO3-. The molecule has 6 rings (SSSR count). The average molecular weight is 779 g/mol. The van der Waals surface area contributed by atoms with E-state index in [9.17, 15) is 9.90 Å². The van der Waals surface area contributed by atoms with E-state index in [4.69, 9.17) is 9.40 Å². The van der Waals surface area contributed by atoms with Crippen molar-refractivity contribution in [2.24, 2.45) is 10.8 Å². The molecule has 2 aromatic heterocycles. The Morgan fingerprint density at radius 2 is 1.56 bits per heavy atom. The molecule has 0 saturated heterocycles. The van der Waals surface area contributed by atoms with Crippen LogP contribution in [0.4, 0.5) is 0 Å². The van der Waals surface area contributed by atoms with Crippen LogP contribution in [-0.2, 0) is 30.3 Å². The van der Waals surface area contributed by atoms with Crippen LogP contribution >= 0.6 is 0 Å². The third-order valence-corrected chi connectivity index (χ3v) is 8.57. The summed E-state index contributed by atoms with van der Waals surface area (Å²) in [6.45, 7) is 22.2. The summed E-state index contributed by atoms with van der Waals surface area (Å²) in [6, 6.07) is 22.6. The number of aliphatic hydroxyl groups is 1. The van der Waals surface area contributed by atoms with E-state index >= 15 is 0 Å². The number of nitrogens with zero attached hydrogens (tertiary/aromatic N) is 1. The first-order valence-corrected chi connectivity index (χ1v) is 15.3. The topological polar surface area (TPSA) is 63.3 Å². The second kappa shape index (κ2) is 12.0. The van der Waals surface area contributed by atoms with Crippen LogP contribution in [0.2, 0.25) is 0 Å². The van der Waals surface area contributed by atoms with Gasteiger partial charge in [0.25, 0.3) is 0 Å². The van der Waals surface area contributed by atoms with Gasteiger partial charge < -0.3 is 9.52 Å². The largest absolute Gasteiger partial charge is 0.512 e. The van der Waals surface area contributed by atoms with E-state index < -0.39 is 5.41 Å². The van der Waals surface area contributed by atoms with E-state index in [2.05, 4.69) is 83.1 Å². The van der Waals surface area contributed by atoms with Crippen LogP contribution in [-0.4, -0.2) is 15.9 Å². The molecule has 0 unspecified atom stereocenters. The number of aryl methyl sites for hydroxylation is 3. The Morgan fingerprint density at radius 3 is 2.20 bits per heavy atom. The molecule has 1 radical (unpaired) electrons. The summed E-state index contributed by atoms with van der Waals surface area (Å²) < 4.78 is 6.35. The summed E-state index contributed by atoms with van der Waals surface area (Å²) in [7, 11) is 0. The van der Waals surface area contributed by atoms with Crippen molar-refractivity contribution in [2.75, 3.05) is 0 Å². The number of furan rings is 1. The Balaban J connectivity index is 0.000000283. The number of hydrogen-bond acceptors (Lipinski definition) is 4. The summed E-state index contributed by atoms with van der Waals surface area (Å²) in [4.78, 5) is 16.6. The van der Waals surface area contributed by atoms with Crippen molar-refractivity contribution in [1.29, 1.82) is 0 Å². The molecule has 5 heteroatoms. The first kappa shape index (κ1) is 34.3. The molecule has 237 valence electrons. The van der Waals surface area contributed by atoms with Crippen molar-refractivity contribution in [3.63, 3.8) is 0 Å². The molecule has 0 spiro atoms. The smallest absolute Gasteiger partial charge is 0.164 e. The summed E-state index contributed by atoms with van der Waals surface area (Å²) in [5.41, 5.74) is 10.5. The fraction of sp³-hybridized carbons (Fsp3) is 0.350. The van der Waals surface area contributed by atoms with Gasteiger partial charge >= 0.3 is 0 Å². The van der Waals surface area contributed by atoms with Crippen molar-refractivity contribution in [3.8, 4) is 22.6 Å². The first-order chi connectivity index (χ1) is 20.4. The van der Waals surface area contributed by atoms with Crippen LogP contribution < -0.4 is 0 Å². The van der Waals surface area contributed by atoms with Gasteiger partial charge in [0.1, 0.15) is 17.1 Å². The van der Waals surface area contributed by atoms with E-state index in [1.165, 1.54) is 44.7 Å². The Labute approximate surface area is 281 Å². The minimum Gasteiger partial charge on any atom is -0.512 e. The minimum absolute atomic E-state index is 0. The molecule has 0 atom stereocenters. The molecule has 1 aliphatic rings. The number of carbonyl (C=O) groups excluding carboxylic acids is 1. The van der Waals surface area contributed by atoms with Gasteiger partial charge in [-0.05, 0) is 60.7 Å². The number of para-hydroxylation sites is 1. The number of aliphatic hydroxyl groups excluding tert-OH is 1. The van der Waals surface area contributed by atoms with Crippen molar-refractivity contribution in [1.82, 2.24) is 4.98 Å². The van der Waals surface area contributed by atoms with E-state index in [1.807, 2.05) is 53.7 Å². The average Bonchev–Trinajstić information content (AvgIpc) is 3.41. The van der Waals surface area contributed by atoms with Gasteiger partial charge in [-0.15, -0.1) is 29.3 Å². The van der Waals surface area contributed by atoms with Gasteiger partial charge in [0, 0.05) is 53.3 Å². The van der Waals surface area contributed by atoms with Crippen molar-refractivity contribution in [3.05, 3.63) is 100 Å². The number of allylic oxidation sites excluding steroid dienone is 2. The maximum Gasteiger partial charge on any atom is 0.164 e. The second-order valence-corrected chi connectivity index (χ2v) is 14.8. The molecule has 0 saturated carbocycles. The van der Waals surface area contributed by atoms with Crippen molar-refractivity contribution in [2.45, 2.75) is 81.6 Å². The van der Waals surface area contributed by atoms with Crippen molar-refractivity contribution < 1.29 is 34.4 Å². The third kappa shape index (κ3) is 6.30. The molecule has 0 aliphatic heterocycles. The zero-order chi connectivity index (χ0) is 32.4. The Kier molecular flexibility index (Phi) is 9.16. The molecule has 1 N–H and O–H groups in total. The number of benzene rings is 3. The van der Waals surface area contributed by atoms with Gasteiger partial charge in [-0.3, -0.25) is 9.78 Å². The van der Waals surface area contributed by atoms with E-state index in [0.29, 0.717) is 0 Å². The predicted molar refractivity (Wildman–Crippen MR) is 182 cm³/mol. The fourth-order valence-electron chi connectivity index (χ4n) is 6.19. The van der Waals surface area contributed by atoms with Gasteiger partial charge in [0.15, 0.2) is 5.78 Å². The minimum atomic E-state index is -0.417. The number of pyridine rings is 1. The normalized spacial score (nSPS) is 14.0. The molecule has 0 fully saturated rings. The number of hydrogen-bond donors (Lipinski definition) is 1. The predicted octanol–water partition coefficient (Wildman–Crippen LogP) is 10.8. The van der Waals surface area contributed by atoms with Crippen molar-refractivity contribution >= 4 is 27.7 Å². The Morgan fingerprint density at radius 1 is 0.911 bits per heavy atom. The fourth-order valence-corrected chi connectivity index (χ4v) is 6.19. The molecular weight excluding hydrogens is 735 g/mol. The summed E-state index contributed by atoms with van der Waals surface area (Å²) in [6.07, 6.45) is 1.33. The number of aromatic nitrogens is 1. The summed E-state index contributed by atoms with van der Waals surface area (Å²) in [5, 5.41) is 12.0. The number of rotatable bonds is 2. The van der Waals surface area contributed by atoms with Crippen LogP contribution in [0.15, 0.2) is 70.8 Å². The van der Waals surface area contributed by atoms with Gasteiger partial charge in [-0.2, -0.15) is 0 Å². The Hall–Kier alpha value is -3.53. The van der Waals surface area contributed by atoms with Gasteiger partial charge in [-0.1, -0.05) is 91.3 Å². The maximum absolute atomic E-state index is 11.5. The molecule has 1 aliphatic carbocycles. The summed E-state index contributed by atoms with van der Waals surface area (Å²) >= 11 is 0. The van der Waals surface area contributed by atoms with Crippen LogP contribution in [0.5, 0.6) is 0 Å². The number of ketones is 1. The van der Waals surface area contributed by atoms with E-state index in [0.717, 1.165) is 33.7 Å². The molecule has 2 heterocycles. The van der Waals surface area contributed by atoms with E-state index in [1.54, 1.807) is 0 Å². The maximum atomic E-state index is 11.5. The number of fused-ring (bicyclic) bond motifs is 6. The zero-order valence-corrected chi connectivity index (χ0v) is 30.7. The van der Waals surface area contributed by atoms with Gasteiger partial charge in [0.2, 0.25) is 0 Å². The second-order valence-electron chi connectivity index (χ2n) is 14.8.